The molecule has 1 fully saturated rings. The van der Waals surface area contributed by atoms with Gasteiger partial charge in [-0.25, -0.2) is 0 Å². The molecule has 0 bridgehead atoms. The second kappa shape index (κ2) is 6.80. The highest BCUT2D eigenvalue weighted by molar-refractivity contribution is 5.81. The number of nitrogens with one attached hydrogen (secondary N) is 1. The molecule has 88 valence electrons. The van der Waals surface area contributed by atoms with Crippen LogP contribution in [-0.4, -0.2) is 31.7 Å². The smallest absolute Gasteiger partial charge is 0.249 e. The molecule has 2 atom stereocenters. The minimum absolute atomic E-state index is 0.0488. The number of unbranched alkanes of at least 4 members (excludes halogenated alkanes) is 2. The maximum Gasteiger partial charge on any atom is 0.249 e. The molecule has 4 heteroatoms. The fraction of sp³-hybridized carbons (Fsp3) is 0.909. The van der Waals surface area contributed by atoms with E-state index in [2.05, 4.69) is 12.2 Å². The van der Waals surface area contributed by atoms with Gasteiger partial charge in [-0.15, -0.1) is 0 Å². The number of amides is 1. The third-order valence-corrected chi connectivity index (χ3v) is 2.83. The molecule has 0 saturated carbocycles. The molecule has 4 nitrogen and oxygen atoms in total. The van der Waals surface area contributed by atoms with Crippen LogP contribution in [0, 0.1) is 5.92 Å². The lowest BCUT2D eigenvalue weighted by molar-refractivity contribution is -0.131. The number of ether oxygens (including phenoxy) is 1. The lowest BCUT2D eigenvalue weighted by Gasteiger charge is -2.14. The molecule has 1 heterocycles. The van der Waals surface area contributed by atoms with Crippen molar-refractivity contribution in [1.29, 1.82) is 0 Å². The van der Waals surface area contributed by atoms with E-state index in [1.807, 2.05) is 0 Å². The number of hydrogen-bond acceptors (Lipinski definition) is 3. The first-order valence-electron chi connectivity index (χ1n) is 5.85. The van der Waals surface area contributed by atoms with Crippen LogP contribution in [0.3, 0.4) is 0 Å². The average Bonchev–Trinajstić information content (AvgIpc) is 2.64. The first kappa shape index (κ1) is 12.5. The summed E-state index contributed by atoms with van der Waals surface area (Å²) in [6.07, 6.45) is 3.89. The van der Waals surface area contributed by atoms with Crippen LogP contribution >= 0.6 is 0 Å². The molecule has 1 amide bonds. The molecule has 0 spiro atoms. The summed E-state index contributed by atoms with van der Waals surface area (Å²) in [6.45, 7) is 4.25. The number of carbonyl (C=O) groups excluding carboxylic acids is 1. The molecule has 15 heavy (non-hydrogen) atoms. The summed E-state index contributed by atoms with van der Waals surface area (Å²) in [7, 11) is 0. The quantitative estimate of drug-likeness (QED) is 0.638. The van der Waals surface area contributed by atoms with Gasteiger partial charge >= 0.3 is 0 Å². The van der Waals surface area contributed by atoms with Gasteiger partial charge in [0.05, 0.1) is 0 Å². The van der Waals surface area contributed by atoms with Crippen LogP contribution < -0.4 is 11.1 Å². The van der Waals surface area contributed by atoms with E-state index in [1.54, 1.807) is 0 Å². The van der Waals surface area contributed by atoms with Crippen molar-refractivity contribution in [2.45, 2.75) is 38.7 Å². The summed E-state index contributed by atoms with van der Waals surface area (Å²) < 4.78 is 5.37. The molecule has 1 saturated heterocycles. The standard InChI is InChI=1S/C11H22N2O2/c1-9-5-8-15-10(9)11(14)13-7-4-2-3-6-12/h9-10H,2-8,12H2,1H3,(H,13,14). The van der Waals surface area contributed by atoms with Crippen molar-refractivity contribution in [3.63, 3.8) is 0 Å². The Morgan fingerprint density at radius 1 is 1.47 bits per heavy atom. The Balaban J connectivity index is 2.08. The van der Waals surface area contributed by atoms with Gasteiger partial charge in [-0.1, -0.05) is 13.3 Å². The summed E-state index contributed by atoms with van der Waals surface area (Å²) in [6, 6.07) is 0. The van der Waals surface area contributed by atoms with Crippen molar-refractivity contribution in [2.24, 2.45) is 11.7 Å². The summed E-state index contributed by atoms with van der Waals surface area (Å²) in [4.78, 5) is 11.6. The van der Waals surface area contributed by atoms with Gasteiger partial charge in [-0.2, -0.15) is 0 Å². The van der Waals surface area contributed by atoms with Gasteiger partial charge in [-0.05, 0) is 31.7 Å². The van der Waals surface area contributed by atoms with E-state index in [0.29, 0.717) is 12.5 Å². The molecule has 0 aromatic carbocycles. The van der Waals surface area contributed by atoms with E-state index >= 15 is 0 Å². The molecule has 0 radical (unpaired) electrons. The number of rotatable bonds is 6. The summed E-state index contributed by atoms with van der Waals surface area (Å²) in [5.74, 6) is 0.404. The molecule has 0 aliphatic carbocycles. The third kappa shape index (κ3) is 4.18. The molecular formula is C11H22N2O2. The average molecular weight is 214 g/mol. The van der Waals surface area contributed by atoms with E-state index in [0.717, 1.165) is 38.8 Å². The minimum atomic E-state index is -0.223. The molecule has 0 aromatic rings. The van der Waals surface area contributed by atoms with Crippen LogP contribution in [0.2, 0.25) is 0 Å². The van der Waals surface area contributed by atoms with E-state index in [4.69, 9.17) is 10.5 Å². The van der Waals surface area contributed by atoms with Crippen LogP contribution in [0.5, 0.6) is 0 Å². The van der Waals surface area contributed by atoms with Crippen molar-refractivity contribution >= 4 is 5.91 Å². The number of hydrogen-bond donors (Lipinski definition) is 2. The predicted octanol–water partition coefficient (Wildman–Crippen LogP) is 0.657. The predicted molar refractivity (Wildman–Crippen MR) is 59.4 cm³/mol. The summed E-state index contributed by atoms with van der Waals surface area (Å²) >= 11 is 0. The highest BCUT2D eigenvalue weighted by Gasteiger charge is 2.30. The number of nitrogens with two attached hydrogens (primary N) is 1. The summed E-state index contributed by atoms with van der Waals surface area (Å²) in [5, 5.41) is 2.91. The molecule has 1 rings (SSSR count). The van der Waals surface area contributed by atoms with Crippen LogP contribution in [0.4, 0.5) is 0 Å². The van der Waals surface area contributed by atoms with Crippen molar-refractivity contribution in [2.75, 3.05) is 19.7 Å². The SMILES string of the molecule is CC1CCOC1C(=O)NCCCCCN. The lowest BCUT2D eigenvalue weighted by atomic mass is 10.0. The van der Waals surface area contributed by atoms with Crippen molar-refractivity contribution in [3.8, 4) is 0 Å². The minimum Gasteiger partial charge on any atom is -0.368 e. The Morgan fingerprint density at radius 2 is 2.27 bits per heavy atom. The Bertz CT molecular complexity index is 197. The van der Waals surface area contributed by atoms with Crippen LogP contribution in [-0.2, 0) is 9.53 Å². The fourth-order valence-corrected chi connectivity index (χ4v) is 1.79. The first-order valence-corrected chi connectivity index (χ1v) is 5.85. The van der Waals surface area contributed by atoms with E-state index < -0.39 is 0 Å². The van der Waals surface area contributed by atoms with E-state index in [-0.39, 0.29) is 12.0 Å². The largest absolute Gasteiger partial charge is 0.368 e. The Kier molecular flexibility index (Phi) is 5.65. The van der Waals surface area contributed by atoms with Crippen LogP contribution in [0.25, 0.3) is 0 Å². The van der Waals surface area contributed by atoms with Crippen molar-refractivity contribution in [1.82, 2.24) is 5.32 Å². The molecule has 3 N–H and O–H groups in total. The van der Waals surface area contributed by atoms with Crippen molar-refractivity contribution in [3.05, 3.63) is 0 Å². The first-order chi connectivity index (χ1) is 7.25. The fourth-order valence-electron chi connectivity index (χ4n) is 1.79. The molecule has 0 aromatic heterocycles. The highest BCUT2D eigenvalue weighted by Crippen LogP contribution is 2.19. The maximum absolute atomic E-state index is 11.6. The monoisotopic (exact) mass is 214 g/mol. The second-order valence-electron chi connectivity index (χ2n) is 4.20. The number of carbonyl (C=O) groups is 1. The van der Waals surface area contributed by atoms with E-state index in [1.165, 1.54) is 0 Å². The molecule has 2 unspecified atom stereocenters. The van der Waals surface area contributed by atoms with Gasteiger partial charge < -0.3 is 15.8 Å². The Morgan fingerprint density at radius 3 is 2.87 bits per heavy atom. The zero-order chi connectivity index (χ0) is 11.1. The highest BCUT2D eigenvalue weighted by atomic mass is 16.5. The van der Waals surface area contributed by atoms with Gasteiger partial charge in [0.2, 0.25) is 5.91 Å². The van der Waals surface area contributed by atoms with Gasteiger partial charge in [-0.3, -0.25) is 4.79 Å². The zero-order valence-corrected chi connectivity index (χ0v) is 9.50. The maximum atomic E-state index is 11.6. The zero-order valence-electron chi connectivity index (χ0n) is 9.50. The van der Waals surface area contributed by atoms with Gasteiger partial charge in [0.1, 0.15) is 6.10 Å². The Labute approximate surface area is 91.5 Å². The summed E-state index contributed by atoms with van der Waals surface area (Å²) in [5.41, 5.74) is 5.38. The third-order valence-electron chi connectivity index (χ3n) is 2.83. The molecule has 1 aliphatic rings. The van der Waals surface area contributed by atoms with E-state index in [9.17, 15) is 4.79 Å². The van der Waals surface area contributed by atoms with Crippen LogP contribution in [0.15, 0.2) is 0 Å². The topological polar surface area (TPSA) is 64.3 Å². The molecule has 1 aliphatic heterocycles. The van der Waals surface area contributed by atoms with Crippen molar-refractivity contribution < 1.29 is 9.53 Å². The lowest BCUT2D eigenvalue weighted by Crippen LogP contribution is -2.37. The van der Waals surface area contributed by atoms with Gasteiger partial charge in [0.25, 0.3) is 0 Å². The Hall–Kier alpha value is -0.610. The van der Waals surface area contributed by atoms with Crippen LogP contribution in [0.1, 0.15) is 32.6 Å². The van der Waals surface area contributed by atoms with Gasteiger partial charge in [0.15, 0.2) is 0 Å². The van der Waals surface area contributed by atoms with Gasteiger partial charge in [0, 0.05) is 13.2 Å². The normalized spacial score (nSPS) is 25.5. The molecular weight excluding hydrogens is 192 g/mol. The second-order valence-corrected chi connectivity index (χ2v) is 4.20.